The van der Waals surface area contributed by atoms with Gasteiger partial charge in [-0.2, -0.15) is 0 Å². The Morgan fingerprint density at radius 2 is 1.89 bits per heavy atom. The predicted octanol–water partition coefficient (Wildman–Crippen LogP) is 0.671. The van der Waals surface area contributed by atoms with Crippen molar-refractivity contribution >= 4 is 29.3 Å². The van der Waals surface area contributed by atoms with E-state index < -0.39 is 29.3 Å². The average Bonchev–Trinajstić information content (AvgIpc) is 3.34. The SMILES string of the molecule is CCC(CC)CNC(=O)Cn1cccc(NC(=O)[C@H](CCC(=O)N(C)OC)NC(=O)c2cncn2C)c1=O. The second kappa shape index (κ2) is 14.7. The summed E-state index contributed by atoms with van der Waals surface area (Å²) < 4.78 is 2.68. The van der Waals surface area contributed by atoms with Crippen LogP contribution in [0.5, 0.6) is 0 Å². The van der Waals surface area contributed by atoms with Crippen LogP contribution in [0.25, 0.3) is 0 Å². The molecule has 0 aliphatic rings. The molecule has 0 unspecified atom stereocenters. The van der Waals surface area contributed by atoms with E-state index in [9.17, 15) is 24.0 Å². The van der Waals surface area contributed by atoms with Crippen molar-refractivity contribution in [2.24, 2.45) is 13.0 Å². The van der Waals surface area contributed by atoms with Gasteiger partial charge in [0.2, 0.25) is 17.7 Å². The number of nitrogens with zero attached hydrogens (tertiary/aromatic N) is 4. The van der Waals surface area contributed by atoms with Crippen molar-refractivity contribution in [3.63, 3.8) is 0 Å². The van der Waals surface area contributed by atoms with Gasteiger partial charge in [-0.05, 0) is 24.5 Å². The summed E-state index contributed by atoms with van der Waals surface area (Å²) in [6.45, 7) is 4.41. The third kappa shape index (κ3) is 8.54. The maximum absolute atomic E-state index is 13.2. The van der Waals surface area contributed by atoms with Crippen LogP contribution < -0.4 is 21.5 Å². The van der Waals surface area contributed by atoms with Gasteiger partial charge < -0.3 is 25.1 Å². The number of nitrogens with one attached hydrogen (secondary N) is 3. The number of hydrogen-bond acceptors (Lipinski definition) is 7. The number of carbonyl (C=O) groups is 4. The molecular formula is C25H37N7O6. The fraction of sp³-hybridized carbons (Fsp3) is 0.520. The van der Waals surface area contributed by atoms with E-state index in [2.05, 4.69) is 34.8 Å². The summed E-state index contributed by atoms with van der Waals surface area (Å²) in [7, 11) is 4.39. The summed E-state index contributed by atoms with van der Waals surface area (Å²) in [5, 5.41) is 8.98. The van der Waals surface area contributed by atoms with E-state index in [1.54, 1.807) is 7.05 Å². The molecular weight excluding hydrogens is 494 g/mol. The molecule has 2 rings (SSSR count). The number of amides is 4. The zero-order valence-corrected chi connectivity index (χ0v) is 22.5. The van der Waals surface area contributed by atoms with E-state index in [1.165, 1.54) is 54.1 Å². The largest absolute Gasteiger partial charge is 0.354 e. The molecule has 0 radical (unpaired) electrons. The molecule has 0 aliphatic heterocycles. The van der Waals surface area contributed by atoms with Crippen LogP contribution in [-0.2, 0) is 32.8 Å². The molecule has 13 nitrogen and oxygen atoms in total. The van der Waals surface area contributed by atoms with Crippen LogP contribution in [0.2, 0.25) is 0 Å². The first-order chi connectivity index (χ1) is 18.1. The number of aromatic nitrogens is 3. The molecule has 0 fully saturated rings. The van der Waals surface area contributed by atoms with Gasteiger partial charge in [0.15, 0.2) is 0 Å². The molecule has 2 aromatic rings. The first kappa shape index (κ1) is 30.2. The van der Waals surface area contributed by atoms with Gasteiger partial charge in [0.05, 0.1) is 19.6 Å². The van der Waals surface area contributed by atoms with Crippen LogP contribution in [0.4, 0.5) is 5.69 Å². The Morgan fingerprint density at radius 1 is 1.18 bits per heavy atom. The van der Waals surface area contributed by atoms with Crippen molar-refractivity contribution in [2.45, 2.75) is 52.1 Å². The number of rotatable bonds is 14. The van der Waals surface area contributed by atoms with Crippen molar-refractivity contribution in [3.8, 4) is 0 Å². The number of aryl methyl sites for hydroxylation is 1. The van der Waals surface area contributed by atoms with Gasteiger partial charge in [-0.3, -0.25) is 28.8 Å². The first-order valence-electron chi connectivity index (χ1n) is 12.5. The maximum atomic E-state index is 13.2. The average molecular weight is 532 g/mol. The molecule has 13 heteroatoms. The van der Waals surface area contributed by atoms with Crippen molar-refractivity contribution < 1.29 is 24.0 Å². The minimum absolute atomic E-state index is 0.0542. The van der Waals surface area contributed by atoms with Crippen molar-refractivity contribution in [2.75, 3.05) is 26.0 Å². The van der Waals surface area contributed by atoms with Gasteiger partial charge >= 0.3 is 0 Å². The zero-order valence-electron chi connectivity index (χ0n) is 22.5. The Hall–Kier alpha value is -4.00. The normalized spacial score (nSPS) is 11.6. The van der Waals surface area contributed by atoms with Crippen LogP contribution in [-0.4, -0.2) is 69.6 Å². The minimum atomic E-state index is -1.15. The van der Waals surface area contributed by atoms with Crippen molar-refractivity contribution in [1.82, 2.24) is 29.8 Å². The standard InChI is InChI=1S/C25H37N7O6/c1-6-17(7-2)13-27-21(33)15-32-12-8-9-19(25(32)37)29-23(35)18(10-11-22(34)31(4)38-5)28-24(36)20-14-26-16-30(20)3/h8-9,12,14,16-18H,6-7,10-11,13,15H2,1-5H3,(H,27,33)(H,28,36)(H,29,35)/t18-/m0/s1. The molecule has 0 spiro atoms. The summed E-state index contributed by atoms with van der Waals surface area (Å²) >= 11 is 0. The third-order valence-corrected chi connectivity index (χ3v) is 6.28. The highest BCUT2D eigenvalue weighted by Gasteiger charge is 2.25. The highest BCUT2D eigenvalue weighted by Crippen LogP contribution is 2.08. The van der Waals surface area contributed by atoms with Crippen molar-refractivity contribution in [3.05, 3.63) is 46.9 Å². The highest BCUT2D eigenvalue weighted by molar-refractivity contribution is 6.00. The predicted molar refractivity (Wildman–Crippen MR) is 140 cm³/mol. The number of carbonyl (C=O) groups excluding carboxylic acids is 4. The van der Waals surface area contributed by atoms with Crippen LogP contribution in [0.3, 0.4) is 0 Å². The van der Waals surface area contributed by atoms with Gasteiger partial charge in [0.1, 0.15) is 24.0 Å². The summed E-state index contributed by atoms with van der Waals surface area (Å²) in [6, 6.07) is 1.79. The fourth-order valence-electron chi connectivity index (χ4n) is 3.63. The molecule has 1 atom stereocenters. The molecule has 2 aromatic heterocycles. The molecule has 0 saturated heterocycles. The zero-order chi connectivity index (χ0) is 28.2. The molecule has 4 amide bonds. The third-order valence-electron chi connectivity index (χ3n) is 6.28. The monoisotopic (exact) mass is 531 g/mol. The van der Waals surface area contributed by atoms with E-state index in [4.69, 9.17) is 4.84 Å². The second-order valence-corrected chi connectivity index (χ2v) is 8.86. The Kier molecular flexibility index (Phi) is 11.7. The fourth-order valence-corrected chi connectivity index (χ4v) is 3.63. The maximum Gasteiger partial charge on any atom is 0.274 e. The van der Waals surface area contributed by atoms with Gasteiger partial charge in [-0.1, -0.05) is 26.7 Å². The van der Waals surface area contributed by atoms with Crippen LogP contribution >= 0.6 is 0 Å². The number of imidazole rings is 1. The van der Waals surface area contributed by atoms with Crippen molar-refractivity contribution in [1.29, 1.82) is 0 Å². The lowest BCUT2D eigenvalue weighted by atomic mass is 10.0. The van der Waals surface area contributed by atoms with E-state index in [0.29, 0.717) is 12.5 Å². The van der Waals surface area contributed by atoms with Crippen LogP contribution in [0.15, 0.2) is 35.6 Å². The topological polar surface area (TPSA) is 157 Å². The lowest BCUT2D eigenvalue weighted by Crippen LogP contribution is -2.45. The smallest absolute Gasteiger partial charge is 0.274 e. The van der Waals surface area contributed by atoms with E-state index in [-0.39, 0.29) is 36.7 Å². The molecule has 0 aliphatic carbocycles. The highest BCUT2D eigenvalue weighted by atomic mass is 16.7. The minimum Gasteiger partial charge on any atom is -0.354 e. The number of hydroxylamine groups is 2. The van der Waals surface area contributed by atoms with E-state index in [0.717, 1.165) is 17.9 Å². The summed E-state index contributed by atoms with van der Waals surface area (Å²) in [5.41, 5.74) is -0.430. The molecule has 3 N–H and O–H groups in total. The molecule has 208 valence electrons. The van der Waals surface area contributed by atoms with Gasteiger partial charge in [-0.15, -0.1) is 0 Å². The molecule has 2 heterocycles. The van der Waals surface area contributed by atoms with E-state index >= 15 is 0 Å². The number of pyridine rings is 1. The Bertz CT molecular complexity index is 1170. The van der Waals surface area contributed by atoms with Crippen LogP contribution in [0.1, 0.15) is 50.0 Å². The van der Waals surface area contributed by atoms with E-state index in [1.807, 2.05) is 0 Å². The Labute approximate surface area is 221 Å². The Morgan fingerprint density at radius 3 is 2.50 bits per heavy atom. The van der Waals surface area contributed by atoms with Crippen LogP contribution in [0, 0.1) is 5.92 Å². The molecule has 0 saturated carbocycles. The summed E-state index contributed by atoms with van der Waals surface area (Å²) in [4.78, 5) is 72.2. The van der Waals surface area contributed by atoms with Gasteiger partial charge in [-0.25, -0.2) is 10.0 Å². The summed E-state index contributed by atoms with van der Waals surface area (Å²) in [6.07, 6.45) is 5.95. The quantitative estimate of drug-likeness (QED) is 0.303. The molecule has 0 aromatic carbocycles. The van der Waals surface area contributed by atoms with Gasteiger partial charge in [0.25, 0.3) is 11.5 Å². The lowest BCUT2D eigenvalue weighted by Gasteiger charge is -2.20. The summed E-state index contributed by atoms with van der Waals surface area (Å²) in [5.74, 6) is -1.62. The molecule has 0 bridgehead atoms. The van der Waals surface area contributed by atoms with Gasteiger partial charge in [0, 0.05) is 33.3 Å². The molecule has 38 heavy (non-hydrogen) atoms. The lowest BCUT2D eigenvalue weighted by molar-refractivity contribution is -0.168. The number of anilines is 1. The second-order valence-electron chi connectivity index (χ2n) is 8.86. The first-order valence-corrected chi connectivity index (χ1v) is 12.5. The number of hydrogen-bond donors (Lipinski definition) is 3. The Balaban J connectivity index is 2.16.